The highest BCUT2D eigenvalue weighted by Crippen LogP contribution is 2.29. The van der Waals surface area contributed by atoms with Gasteiger partial charge in [-0.15, -0.1) is 0 Å². The van der Waals surface area contributed by atoms with Crippen LogP contribution in [0.3, 0.4) is 0 Å². The summed E-state index contributed by atoms with van der Waals surface area (Å²) in [7, 11) is 0. The number of hydrogen-bond donors (Lipinski definition) is 4. The molecule has 1 atom stereocenters. The third-order valence-corrected chi connectivity index (χ3v) is 4.58. The summed E-state index contributed by atoms with van der Waals surface area (Å²) in [6.07, 6.45) is -0.184. The molecule has 0 bridgehead atoms. The van der Waals surface area contributed by atoms with Crippen molar-refractivity contribution in [1.29, 1.82) is 0 Å². The molecule has 0 spiro atoms. The Morgan fingerprint density at radius 2 is 1.96 bits per heavy atom. The number of hydrazine groups is 1. The molecule has 0 fully saturated rings. The van der Waals surface area contributed by atoms with E-state index >= 15 is 0 Å². The number of amides is 2. The Hall–Kier alpha value is -3.13. The molecule has 1 aliphatic heterocycles. The zero-order chi connectivity index (χ0) is 20.1. The van der Waals surface area contributed by atoms with Crippen LogP contribution in [0.1, 0.15) is 24.5 Å². The van der Waals surface area contributed by atoms with Gasteiger partial charge in [0.25, 0.3) is 5.91 Å². The van der Waals surface area contributed by atoms with E-state index in [0.717, 1.165) is 23.2 Å². The quantitative estimate of drug-likeness (QED) is 0.468. The van der Waals surface area contributed by atoms with Crippen LogP contribution < -0.4 is 26.2 Å². The Balaban J connectivity index is 1.52. The molecule has 0 radical (unpaired) electrons. The first-order chi connectivity index (χ1) is 13.5. The molecule has 0 unspecified atom stereocenters. The van der Waals surface area contributed by atoms with Crippen LogP contribution in [0.15, 0.2) is 42.5 Å². The third kappa shape index (κ3) is 4.58. The number of carbonyl (C=O) groups is 2. The normalized spacial score (nSPS) is 14.9. The van der Waals surface area contributed by atoms with Gasteiger partial charge in [0.05, 0.1) is 12.1 Å². The second kappa shape index (κ2) is 8.71. The van der Waals surface area contributed by atoms with E-state index in [2.05, 4.69) is 28.4 Å². The fourth-order valence-electron chi connectivity index (χ4n) is 2.92. The van der Waals surface area contributed by atoms with Gasteiger partial charge in [-0.3, -0.25) is 20.4 Å². The lowest BCUT2D eigenvalue weighted by Gasteiger charge is -2.25. The van der Waals surface area contributed by atoms with Crippen molar-refractivity contribution < 1.29 is 14.3 Å². The fourth-order valence-corrected chi connectivity index (χ4v) is 3.07. The van der Waals surface area contributed by atoms with Gasteiger partial charge in [-0.25, -0.2) is 0 Å². The maximum atomic E-state index is 12.2. The predicted octanol–water partition coefficient (Wildman–Crippen LogP) is 2.66. The van der Waals surface area contributed by atoms with Crippen LogP contribution in [0.25, 0.3) is 0 Å². The number of carbonyl (C=O) groups excluding carboxylic acids is 2. The Kier molecular flexibility index (Phi) is 6.10. The number of nitrogens with one attached hydrogen (secondary N) is 4. The van der Waals surface area contributed by atoms with Crippen LogP contribution in [-0.4, -0.2) is 23.0 Å². The molecule has 3 rings (SSSR count). The maximum Gasteiger partial charge on any atom is 0.266 e. The topological polar surface area (TPSA) is 91.5 Å². The molecule has 0 saturated heterocycles. The number of hydrogen-bond acceptors (Lipinski definition) is 4. The molecule has 2 aromatic rings. The molecule has 2 aromatic carbocycles. The Morgan fingerprint density at radius 1 is 1.18 bits per heavy atom. The van der Waals surface area contributed by atoms with Gasteiger partial charge in [0, 0.05) is 5.69 Å². The van der Waals surface area contributed by atoms with Crippen LogP contribution in [-0.2, 0) is 16.0 Å². The Bertz CT molecular complexity index is 916. The highest BCUT2D eigenvalue weighted by Gasteiger charge is 2.29. The van der Waals surface area contributed by atoms with Crippen LogP contribution >= 0.6 is 12.2 Å². The van der Waals surface area contributed by atoms with E-state index < -0.39 is 12.0 Å². The average Bonchev–Trinajstić information content (AvgIpc) is 2.68. The molecular formula is C20H22N4O3S. The van der Waals surface area contributed by atoms with Gasteiger partial charge >= 0.3 is 0 Å². The molecule has 1 heterocycles. The number of benzene rings is 2. The standard InChI is InChI=1S/C20H22N4O3S/c1-3-13-8-6-7-12(2)18(13)22-20(28)24-23-17(25)11-16-19(26)21-14-9-4-5-10-15(14)27-16/h4-10,16H,3,11H2,1-2H3,(H,21,26)(H,23,25)(H2,22,24,28)/t16-/m0/s1. The number of fused-ring (bicyclic) bond motifs is 1. The van der Waals surface area contributed by atoms with E-state index in [1.807, 2.05) is 25.1 Å². The molecule has 146 valence electrons. The fraction of sp³-hybridized carbons (Fsp3) is 0.250. The third-order valence-electron chi connectivity index (χ3n) is 4.37. The maximum absolute atomic E-state index is 12.2. The highest BCUT2D eigenvalue weighted by molar-refractivity contribution is 7.80. The first-order valence-electron chi connectivity index (χ1n) is 8.98. The minimum Gasteiger partial charge on any atom is -0.478 e. The van der Waals surface area contributed by atoms with Crippen molar-refractivity contribution in [3.63, 3.8) is 0 Å². The predicted molar refractivity (Wildman–Crippen MR) is 112 cm³/mol. The van der Waals surface area contributed by atoms with E-state index in [0.29, 0.717) is 11.4 Å². The smallest absolute Gasteiger partial charge is 0.266 e. The van der Waals surface area contributed by atoms with Crippen LogP contribution in [0.2, 0.25) is 0 Å². The monoisotopic (exact) mass is 398 g/mol. The summed E-state index contributed by atoms with van der Waals surface area (Å²) in [5.74, 6) is -0.233. The molecule has 8 heteroatoms. The summed E-state index contributed by atoms with van der Waals surface area (Å²) in [6, 6.07) is 13.1. The Labute approximate surface area is 168 Å². The van der Waals surface area contributed by atoms with Crippen molar-refractivity contribution in [2.45, 2.75) is 32.8 Å². The zero-order valence-electron chi connectivity index (χ0n) is 15.7. The van der Waals surface area contributed by atoms with Crippen molar-refractivity contribution in [2.75, 3.05) is 10.6 Å². The van der Waals surface area contributed by atoms with Crippen molar-refractivity contribution in [3.05, 3.63) is 53.6 Å². The minimum absolute atomic E-state index is 0.139. The second-order valence-electron chi connectivity index (χ2n) is 6.39. The molecule has 7 nitrogen and oxygen atoms in total. The molecular weight excluding hydrogens is 376 g/mol. The summed E-state index contributed by atoms with van der Waals surface area (Å²) in [5.41, 5.74) is 8.86. The number of ether oxygens (including phenoxy) is 1. The number of para-hydroxylation sites is 3. The van der Waals surface area contributed by atoms with Gasteiger partial charge < -0.3 is 15.4 Å². The van der Waals surface area contributed by atoms with Gasteiger partial charge in [0.2, 0.25) is 5.91 Å². The van der Waals surface area contributed by atoms with Gasteiger partial charge in [-0.05, 0) is 48.8 Å². The average molecular weight is 398 g/mol. The van der Waals surface area contributed by atoms with E-state index in [-0.39, 0.29) is 17.4 Å². The number of aryl methyl sites for hydroxylation is 2. The summed E-state index contributed by atoms with van der Waals surface area (Å²) in [4.78, 5) is 24.3. The lowest BCUT2D eigenvalue weighted by atomic mass is 10.1. The molecule has 0 saturated carbocycles. The lowest BCUT2D eigenvalue weighted by Crippen LogP contribution is -2.47. The van der Waals surface area contributed by atoms with Crippen molar-refractivity contribution in [2.24, 2.45) is 0 Å². The zero-order valence-corrected chi connectivity index (χ0v) is 16.5. The SMILES string of the molecule is CCc1cccc(C)c1NC(=S)NNC(=O)C[C@@H]1Oc2ccccc2NC1=O. The molecule has 0 aliphatic carbocycles. The van der Waals surface area contributed by atoms with Crippen LogP contribution in [0.5, 0.6) is 5.75 Å². The number of anilines is 2. The molecule has 28 heavy (non-hydrogen) atoms. The van der Waals surface area contributed by atoms with Crippen molar-refractivity contribution in [3.8, 4) is 5.75 Å². The van der Waals surface area contributed by atoms with Crippen molar-refractivity contribution in [1.82, 2.24) is 10.9 Å². The second-order valence-corrected chi connectivity index (χ2v) is 6.79. The first-order valence-corrected chi connectivity index (χ1v) is 9.39. The van der Waals surface area contributed by atoms with Gasteiger partial charge in [-0.1, -0.05) is 37.3 Å². The highest BCUT2D eigenvalue weighted by atomic mass is 32.1. The molecule has 0 aromatic heterocycles. The summed E-state index contributed by atoms with van der Waals surface area (Å²) >= 11 is 5.25. The summed E-state index contributed by atoms with van der Waals surface area (Å²) < 4.78 is 5.61. The molecule has 2 amide bonds. The first kappa shape index (κ1) is 19.6. The lowest BCUT2D eigenvalue weighted by molar-refractivity contribution is -0.130. The van der Waals surface area contributed by atoms with Gasteiger partial charge in [0.15, 0.2) is 11.2 Å². The largest absolute Gasteiger partial charge is 0.478 e. The number of thiocarbonyl (C=S) groups is 1. The van der Waals surface area contributed by atoms with E-state index in [1.165, 1.54) is 0 Å². The van der Waals surface area contributed by atoms with Gasteiger partial charge in [0.1, 0.15) is 5.75 Å². The van der Waals surface area contributed by atoms with E-state index in [4.69, 9.17) is 17.0 Å². The summed E-state index contributed by atoms with van der Waals surface area (Å²) in [6.45, 7) is 4.05. The van der Waals surface area contributed by atoms with Gasteiger partial charge in [-0.2, -0.15) is 0 Å². The van der Waals surface area contributed by atoms with Crippen LogP contribution in [0, 0.1) is 6.92 Å². The number of rotatable bonds is 4. The van der Waals surface area contributed by atoms with Crippen molar-refractivity contribution >= 4 is 40.5 Å². The summed E-state index contributed by atoms with van der Waals surface area (Å²) in [5, 5.41) is 6.10. The van der Waals surface area contributed by atoms with E-state index in [1.54, 1.807) is 24.3 Å². The van der Waals surface area contributed by atoms with Crippen LogP contribution in [0.4, 0.5) is 11.4 Å². The molecule has 1 aliphatic rings. The van der Waals surface area contributed by atoms with E-state index in [9.17, 15) is 9.59 Å². The Morgan fingerprint density at radius 3 is 2.75 bits per heavy atom. The minimum atomic E-state index is -0.902. The molecule has 4 N–H and O–H groups in total.